The van der Waals surface area contributed by atoms with E-state index in [0.29, 0.717) is 6.04 Å². The molecule has 0 bridgehead atoms. The van der Waals surface area contributed by atoms with Gasteiger partial charge in [0.1, 0.15) is 11.9 Å². The summed E-state index contributed by atoms with van der Waals surface area (Å²) in [5.41, 5.74) is 1.12. The highest BCUT2D eigenvalue weighted by molar-refractivity contribution is 5.57. The van der Waals surface area contributed by atoms with Crippen molar-refractivity contribution in [1.29, 1.82) is 0 Å². The van der Waals surface area contributed by atoms with E-state index in [-0.39, 0.29) is 6.10 Å². The van der Waals surface area contributed by atoms with Crippen LogP contribution in [-0.4, -0.2) is 25.2 Å². The molecular weight excluding hydrogens is 224 g/mol. The molecule has 0 aromatic heterocycles. The molecule has 1 saturated carbocycles. The van der Waals surface area contributed by atoms with Gasteiger partial charge >= 0.3 is 0 Å². The summed E-state index contributed by atoms with van der Waals surface area (Å²) in [6.07, 6.45) is 7.08. The lowest BCUT2D eigenvalue weighted by molar-refractivity contribution is 0.191. The summed E-state index contributed by atoms with van der Waals surface area (Å²) in [6.45, 7) is 1.85. The van der Waals surface area contributed by atoms with Gasteiger partial charge in [0.05, 0.1) is 12.2 Å². The maximum absolute atomic E-state index is 6.00. The van der Waals surface area contributed by atoms with Gasteiger partial charge in [-0.15, -0.1) is 0 Å². The quantitative estimate of drug-likeness (QED) is 0.860. The van der Waals surface area contributed by atoms with E-state index in [1.165, 1.54) is 32.1 Å². The predicted molar refractivity (Wildman–Crippen MR) is 74.2 cm³/mol. The summed E-state index contributed by atoms with van der Waals surface area (Å²) >= 11 is 0. The summed E-state index contributed by atoms with van der Waals surface area (Å²) in [4.78, 5) is 0. The maximum Gasteiger partial charge on any atom is 0.142 e. The van der Waals surface area contributed by atoms with Gasteiger partial charge in [0.15, 0.2) is 0 Å². The van der Waals surface area contributed by atoms with Gasteiger partial charge in [-0.25, -0.2) is 0 Å². The van der Waals surface area contributed by atoms with Gasteiger partial charge in [-0.1, -0.05) is 31.4 Å². The molecule has 1 atom stereocenters. The van der Waals surface area contributed by atoms with Gasteiger partial charge in [0, 0.05) is 12.6 Å². The number of anilines is 1. The van der Waals surface area contributed by atoms with Crippen molar-refractivity contribution in [3.05, 3.63) is 24.3 Å². The van der Waals surface area contributed by atoms with Crippen molar-refractivity contribution in [3.63, 3.8) is 0 Å². The molecule has 98 valence electrons. The summed E-state index contributed by atoms with van der Waals surface area (Å²) in [7, 11) is 0. The second kappa shape index (κ2) is 5.61. The van der Waals surface area contributed by atoms with Crippen molar-refractivity contribution in [2.24, 2.45) is 0 Å². The van der Waals surface area contributed by atoms with Gasteiger partial charge in [-0.05, 0) is 25.0 Å². The molecule has 0 amide bonds. The third-order valence-electron chi connectivity index (χ3n) is 3.94. The Bertz CT molecular complexity index is 388. The number of ether oxygens (including phenoxy) is 1. The number of fused-ring (bicyclic) bond motifs is 1. The van der Waals surface area contributed by atoms with E-state index in [2.05, 4.69) is 16.7 Å². The third-order valence-corrected chi connectivity index (χ3v) is 3.94. The molecule has 1 heterocycles. The number of nitrogens with one attached hydrogen (secondary N) is 2. The highest BCUT2D eigenvalue weighted by Crippen LogP contribution is 2.28. The Morgan fingerprint density at radius 3 is 2.89 bits per heavy atom. The third kappa shape index (κ3) is 2.78. The van der Waals surface area contributed by atoms with Gasteiger partial charge in [-0.2, -0.15) is 0 Å². The Kier molecular flexibility index (Phi) is 3.69. The Morgan fingerprint density at radius 2 is 2.00 bits per heavy atom. The van der Waals surface area contributed by atoms with E-state index in [1.807, 2.05) is 18.2 Å². The summed E-state index contributed by atoms with van der Waals surface area (Å²) in [6, 6.07) is 8.88. The van der Waals surface area contributed by atoms with Crippen molar-refractivity contribution < 1.29 is 4.74 Å². The SMILES string of the molecule is c1ccc2c(c1)NCC(CNC1CCCCC1)O2. The van der Waals surface area contributed by atoms with Crippen molar-refractivity contribution in [3.8, 4) is 5.75 Å². The average Bonchev–Trinajstić information content (AvgIpc) is 2.46. The summed E-state index contributed by atoms with van der Waals surface area (Å²) in [5.74, 6) is 0.985. The minimum atomic E-state index is 0.252. The first-order chi connectivity index (χ1) is 8.92. The van der Waals surface area contributed by atoms with Crippen molar-refractivity contribution in [1.82, 2.24) is 5.32 Å². The molecule has 1 fully saturated rings. The van der Waals surface area contributed by atoms with E-state index in [4.69, 9.17) is 4.74 Å². The van der Waals surface area contributed by atoms with E-state index >= 15 is 0 Å². The molecule has 1 aliphatic carbocycles. The minimum absolute atomic E-state index is 0.252. The van der Waals surface area contributed by atoms with Crippen molar-refractivity contribution in [2.45, 2.75) is 44.2 Å². The number of benzene rings is 1. The smallest absolute Gasteiger partial charge is 0.142 e. The van der Waals surface area contributed by atoms with Crippen LogP contribution in [0.4, 0.5) is 5.69 Å². The van der Waals surface area contributed by atoms with Gasteiger partial charge in [-0.3, -0.25) is 0 Å². The van der Waals surface area contributed by atoms with Crippen molar-refractivity contribution in [2.75, 3.05) is 18.4 Å². The maximum atomic E-state index is 6.00. The van der Waals surface area contributed by atoms with Crippen LogP contribution in [0.2, 0.25) is 0 Å². The Balaban J connectivity index is 1.50. The van der Waals surface area contributed by atoms with Crippen molar-refractivity contribution >= 4 is 5.69 Å². The van der Waals surface area contributed by atoms with Crippen LogP contribution in [0.25, 0.3) is 0 Å². The monoisotopic (exact) mass is 246 g/mol. The van der Waals surface area contributed by atoms with Crippen LogP contribution in [0.5, 0.6) is 5.75 Å². The highest BCUT2D eigenvalue weighted by atomic mass is 16.5. The molecule has 1 aromatic rings. The van der Waals surface area contributed by atoms with Crippen LogP contribution in [-0.2, 0) is 0 Å². The lowest BCUT2D eigenvalue weighted by Gasteiger charge is -2.30. The van der Waals surface area contributed by atoms with E-state index in [1.54, 1.807) is 0 Å². The van der Waals surface area contributed by atoms with Crippen LogP contribution >= 0.6 is 0 Å². The summed E-state index contributed by atoms with van der Waals surface area (Å²) in [5, 5.41) is 7.09. The molecule has 0 spiro atoms. The Morgan fingerprint density at radius 1 is 1.17 bits per heavy atom. The first-order valence-corrected chi connectivity index (χ1v) is 7.15. The topological polar surface area (TPSA) is 33.3 Å². The number of hydrogen-bond donors (Lipinski definition) is 2. The molecular formula is C15H22N2O. The molecule has 0 saturated heterocycles. The molecule has 3 heteroatoms. The normalized spacial score (nSPS) is 23.9. The second-order valence-electron chi connectivity index (χ2n) is 5.36. The zero-order valence-electron chi connectivity index (χ0n) is 10.8. The molecule has 3 nitrogen and oxygen atoms in total. The Labute approximate surface area is 109 Å². The molecule has 2 N–H and O–H groups in total. The molecule has 0 radical (unpaired) electrons. The fourth-order valence-corrected chi connectivity index (χ4v) is 2.88. The molecule has 1 aromatic carbocycles. The van der Waals surface area contributed by atoms with Gasteiger partial charge < -0.3 is 15.4 Å². The van der Waals surface area contributed by atoms with Gasteiger partial charge in [0.25, 0.3) is 0 Å². The minimum Gasteiger partial charge on any atom is -0.485 e. The molecule has 18 heavy (non-hydrogen) atoms. The summed E-state index contributed by atoms with van der Waals surface area (Å²) < 4.78 is 6.00. The van der Waals surface area contributed by atoms with E-state index in [9.17, 15) is 0 Å². The number of rotatable bonds is 3. The highest BCUT2D eigenvalue weighted by Gasteiger charge is 2.20. The largest absolute Gasteiger partial charge is 0.485 e. The standard InChI is InChI=1S/C15H22N2O/c1-2-6-12(7-3-1)16-10-13-11-17-14-8-4-5-9-15(14)18-13/h4-5,8-9,12-13,16-17H,1-3,6-7,10-11H2. The predicted octanol–water partition coefficient (Wildman–Crippen LogP) is 2.78. The van der Waals surface area contributed by atoms with Crippen LogP contribution < -0.4 is 15.4 Å². The molecule has 3 rings (SSSR count). The van der Waals surface area contributed by atoms with Crippen LogP contribution in [0.15, 0.2) is 24.3 Å². The Hall–Kier alpha value is -1.22. The average molecular weight is 246 g/mol. The van der Waals surface area contributed by atoms with Crippen LogP contribution in [0.3, 0.4) is 0 Å². The van der Waals surface area contributed by atoms with E-state index < -0.39 is 0 Å². The van der Waals surface area contributed by atoms with E-state index in [0.717, 1.165) is 24.5 Å². The first-order valence-electron chi connectivity index (χ1n) is 7.15. The fraction of sp³-hybridized carbons (Fsp3) is 0.600. The number of hydrogen-bond acceptors (Lipinski definition) is 3. The lowest BCUT2D eigenvalue weighted by atomic mass is 9.95. The fourth-order valence-electron chi connectivity index (χ4n) is 2.88. The van der Waals surface area contributed by atoms with Gasteiger partial charge in [0.2, 0.25) is 0 Å². The van der Waals surface area contributed by atoms with Crippen LogP contribution in [0, 0.1) is 0 Å². The lowest BCUT2D eigenvalue weighted by Crippen LogP contribution is -2.43. The molecule has 1 unspecified atom stereocenters. The van der Waals surface area contributed by atoms with Crippen LogP contribution in [0.1, 0.15) is 32.1 Å². The molecule has 1 aliphatic heterocycles. The second-order valence-corrected chi connectivity index (χ2v) is 5.36. The zero-order valence-corrected chi connectivity index (χ0v) is 10.8. The number of para-hydroxylation sites is 2. The zero-order chi connectivity index (χ0) is 12.2. The molecule has 2 aliphatic rings. The first kappa shape index (κ1) is 11.8.